The molecule has 0 aliphatic rings. The Kier molecular flexibility index (Phi) is 2.93. The Morgan fingerprint density at radius 1 is 1.18 bits per heavy atom. The Morgan fingerprint density at radius 2 is 1.94 bits per heavy atom. The molecule has 0 radical (unpaired) electrons. The molecule has 84 valence electrons. The van der Waals surface area contributed by atoms with Gasteiger partial charge in [0.2, 0.25) is 0 Å². The number of nitrogens with two attached hydrogens (primary N) is 1. The highest BCUT2D eigenvalue weighted by Crippen LogP contribution is 2.26. The summed E-state index contributed by atoms with van der Waals surface area (Å²) in [6.07, 6.45) is 0. The monoisotopic (exact) mass is 228 g/mol. The summed E-state index contributed by atoms with van der Waals surface area (Å²) in [7, 11) is 0. The number of anilines is 1. The molecular formula is C13H9FN2O. The summed E-state index contributed by atoms with van der Waals surface area (Å²) < 4.78 is 18.6. The highest BCUT2D eigenvalue weighted by molar-refractivity contribution is 5.57. The minimum absolute atomic E-state index is 0.112. The molecule has 0 saturated carbocycles. The van der Waals surface area contributed by atoms with Gasteiger partial charge < -0.3 is 10.5 Å². The molecule has 2 aromatic carbocycles. The van der Waals surface area contributed by atoms with Crippen molar-refractivity contribution in [2.75, 3.05) is 5.73 Å². The van der Waals surface area contributed by atoms with E-state index in [1.165, 1.54) is 18.2 Å². The lowest BCUT2D eigenvalue weighted by Gasteiger charge is -2.07. The van der Waals surface area contributed by atoms with Crippen LogP contribution in [-0.2, 0) is 0 Å². The maximum absolute atomic E-state index is 13.3. The van der Waals surface area contributed by atoms with Gasteiger partial charge in [0.25, 0.3) is 0 Å². The summed E-state index contributed by atoms with van der Waals surface area (Å²) in [5.74, 6) is 0.0323. The quantitative estimate of drug-likeness (QED) is 0.803. The fourth-order valence-corrected chi connectivity index (χ4v) is 1.35. The van der Waals surface area contributed by atoms with Crippen LogP contribution in [0.5, 0.6) is 11.5 Å². The normalized spacial score (nSPS) is 9.65. The molecule has 0 aliphatic carbocycles. The van der Waals surface area contributed by atoms with Gasteiger partial charge in [0.05, 0.1) is 5.56 Å². The van der Waals surface area contributed by atoms with E-state index < -0.39 is 5.82 Å². The van der Waals surface area contributed by atoms with Crippen LogP contribution in [0.1, 0.15) is 5.56 Å². The van der Waals surface area contributed by atoms with E-state index in [0.29, 0.717) is 17.0 Å². The average molecular weight is 228 g/mol. The molecule has 0 unspecified atom stereocenters. The third-order valence-electron chi connectivity index (χ3n) is 2.21. The first kappa shape index (κ1) is 11.0. The van der Waals surface area contributed by atoms with Crippen molar-refractivity contribution in [2.45, 2.75) is 0 Å². The minimum atomic E-state index is -0.456. The van der Waals surface area contributed by atoms with Crippen LogP contribution < -0.4 is 10.5 Å². The molecule has 4 heteroatoms. The van der Waals surface area contributed by atoms with Gasteiger partial charge in [0, 0.05) is 11.8 Å². The number of ether oxygens (including phenoxy) is 1. The van der Waals surface area contributed by atoms with Crippen molar-refractivity contribution in [3.63, 3.8) is 0 Å². The summed E-state index contributed by atoms with van der Waals surface area (Å²) in [6.45, 7) is 0. The summed E-state index contributed by atoms with van der Waals surface area (Å²) in [5, 5.41) is 8.80. The first-order valence-corrected chi connectivity index (χ1v) is 4.92. The van der Waals surface area contributed by atoms with Gasteiger partial charge >= 0.3 is 0 Å². The van der Waals surface area contributed by atoms with Crippen molar-refractivity contribution < 1.29 is 9.13 Å². The van der Waals surface area contributed by atoms with Gasteiger partial charge in [-0.3, -0.25) is 0 Å². The van der Waals surface area contributed by atoms with Crippen molar-refractivity contribution in [1.82, 2.24) is 0 Å². The highest BCUT2D eigenvalue weighted by atomic mass is 19.1. The molecule has 0 atom stereocenters. The van der Waals surface area contributed by atoms with Gasteiger partial charge in [0.15, 0.2) is 11.6 Å². The van der Waals surface area contributed by atoms with Crippen LogP contribution in [0.3, 0.4) is 0 Å². The second-order valence-corrected chi connectivity index (χ2v) is 3.39. The Hall–Kier alpha value is -2.54. The molecule has 0 bridgehead atoms. The van der Waals surface area contributed by atoms with Crippen molar-refractivity contribution in [3.8, 4) is 17.6 Å². The second kappa shape index (κ2) is 4.54. The molecule has 17 heavy (non-hydrogen) atoms. The fraction of sp³-hybridized carbons (Fsp3) is 0. The zero-order valence-electron chi connectivity index (χ0n) is 8.85. The minimum Gasteiger partial charge on any atom is -0.454 e. The van der Waals surface area contributed by atoms with Crippen molar-refractivity contribution in [3.05, 3.63) is 53.8 Å². The molecule has 0 aromatic heterocycles. The topological polar surface area (TPSA) is 59.0 Å². The Labute approximate surface area is 97.9 Å². The van der Waals surface area contributed by atoms with Crippen molar-refractivity contribution in [2.24, 2.45) is 0 Å². The molecule has 0 spiro atoms. The van der Waals surface area contributed by atoms with Crippen LogP contribution in [0.15, 0.2) is 42.5 Å². The third-order valence-corrected chi connectivity index (χ3v) is 2.21. The van der Waals surface area contributed by atoms with E-state index in [9.17, 15) is 4.39 Å². The first-order valence-electron chi connectivity index (χ1n) is 4.92. The zero-order valence-corrected chi connectivity index (χ0v) is 8.85. The lowest BCUT2D eigenvalue weighted by molar-refractivity contribution is 0.442. The van der Waals surface area contributed by atoms with E-state index in [1.807, 2.05) is 6.07 Å². The van der Waals surface area contributed by atoms with E-state index in [1.54, 1.807) is 24.3 Å². The molecule has 2 N–H and O–H groups in total. The van der Waals surface area contributed by atoms with Crippen LogP contribution in [0.2, 0.25) is 0 Å². The molecular weight excluding hydrogens is 219 g/mol. The Balaban J connectivity index is 2.32. The number of rotatable bonds is 2. The zero-order chi connectivity index (χ0) is 12.3. The Bertz CT molecular complexity index is 590. The van der Waals surface area contributed by atoms with E-state index in [2.05, 4.69) is 0 Å². The molecule has 3 nitrogen and oxygen atoms in total. The molecule has 0 heterocycles. The lowest BCUT2D eigenvalue weighted by Crippen LogP contribution is -1.92. The largest absolute Gasteiger partial charge is 0.454 e. The predicted molar refractivity (Wildman–Crippen MR) is 62.0 cm³/mol. The summed E-state index contributed by atoms with van der Waals surface area (Å²) in [5.41, 5.74) is 6.24. The van der Waals surface area contributed by atoms with Gasteiger partial charge in [-0.15, -0.1) is 0 Å². The van der Waals surface area contributed by atoms with Crippen LogP contribution in [-0.4, -0.2) is 0 Å². The van der Waals surface area contributed by atoms with E-state index in [0.717, 1.165) is 0 Å². The predicted octanol–water partition coefficient (Wildman–Crippen LogP) is 3.07. The van der Waals surface area contributed by atoms with E-state index in [4.69, 9.17) is 15.7 Å². The standard InChI is InChI=1S/C13H9FN2O/c14-11-3-1-2-4-13(11)17-10-5-6-12(16)9(7-10)8-15/h1-7H,16H2. The van der Waals surface area contributed by atoms with Crippen LogP contribution in [0.25, 0.3) is 0 Å². The molecule has 0 saturated heterocycles. The molecule has 2 rings (SSSR count). The van der Waals surface area contributed by atoms with E-state index >= 15 is 0 Å². The fourth-order valence-electron chi connectivity index (χ4n) is 1.35. The van der Waals surface area contributed by atoms with Crippen molar-refractivity contribution in [1.29, 1.82) is 5.26 Å². The SMILES string of the molecule is N#Cc1cc(Oc2ccccc2F)ccc1N. The number of hydrogen-bond acceptors (Lipinski definition) is 3. The first-order chi connectivity index (χ1) is 8.20. The van der Waals surface area contributed by atoms with Gasteiger partial charge in [-0.1, -0.05) is 12.1 Å². The number of hydrogen-bond donors (Lipinski definition) is 1. The molecule has 0 amide bonds. The van der Waals surface area contributed by atoms with Crippen LogP contribution >= 0.6 is 0 Å². The van der Waals surface area contributed by atoms with E-state index in [-0.39, 0.29) is 5.75 Å². The summed E-state index contributed by atoms with van der Waals surface area (Å²) >= 11 is 0. The van der Waals surface area contributed by atoms with Crippen LogP contribution in [0.4, 0.5) is 10.1 Å². The Morgan fingerprint density at radius 3 is 2.65 bits per heavy atom. The highest BCUT2D eigenvalue weighted by Gasteiger charge is 2.05. The molecule has 2 aromatic rings. The number of nitrogens with zero attached hydrogens (tertiary/aromatic N) is 1. The second-order valence-electron chi connectivity index (χ2n) is 3.39. The van der Waals surface area contributed by atoms with Gasteiger partial charge in [-0.2, -0.15) is 5.26 Å². The molecule has 0 fully saturated rings. The molecule has 0 aliphatic heterocycles. The van der Waals surface area contributed by atoms with Crippen molar-refractivity contribution >= 4 is 5.69 Å². The third kappa shape index (κ3) is 2.34. The number of para-hydroxylation sites is 1. The smallest absolute Gasteiger partial charge is 0.165 e. The number of nitriles is 1. The summed E-state index contributed by atoms with van der Waals surface area (Å²) in [4.78, 5) is 0. The maximum atomic E-state index is 13.3. The van der Waals surface area contributed by atoms with Gasteiger partial charge in [-0.25, -0.2) is 4.39 Å². The summed E-state index contributed by atoms with van der Waals surface area (Å²) in [6, 6.07) is 12.6. The number of nitrogen functional groups attached to an aromatic ring is 1. The van der Waals surface area contributed by atoms with Gasteiger partial charge in [0.1, 0.15) is 11.8 Å². The average Bonchev–Trinajstić information content (AvgIpc) is 2.34. The van der Waals surface area contributed by atoms with Gasteiger partial charge in [-0.05, 0) is 24.3 Å². The number of halogens is 1. The van der Waals surface area contributed by atoms with Crippen LogP contribution in [0, 0.1) is 17.1 Å². The number of benzene rings is 2. The maximum Gasteiger partial charge on any atom is 0.165 e. The lowest BCUT2D eigenvalue weighted by atomic mass is 10.2.